The van der Waals surface area contributed by atoms with Crippen molar-refractivity contribution in [2.24, 2.45) is 0 Å². The maximum atomic E-state index is 14.0. The van der Waals surface area contributed by atoms with Gasteiger partial charge in [-0.3, -0.25) is 0 Å². The average Bonchev–Trinajstić information content (AvgIpc) is 3.33. The van der Waals surface area contributed by atoms with E-state index in [2.05, 4.69) is 15.0 Å². The zero-order valence-electron chi connectivity index (χ0n) is 21.9. The molecule has 3 heterocycles. The molecule has 1 saturated heterocycles. The maximum Gasteiger partial charge on any atom is 0.419 e. The predicted molar refractivity (Wildman–Crippen MR) is 135 cm³/mol. The Labute approximate surface area is 232 Å². The fourth-order valence-corrected chi connectivity index (χ4v) is 4.96. The molecule has 1 aliphatic rings. The van der Waals surface area contributed by atoms with E-state index < -0.39 is 53.1 Å². The molecule has 42 heavy (non-hydrogen) atoms. The SMILES string of the molecule is CC(O)c1cnc(N2CCN(c3nc4c(-c5cc(F)c(F)c(F)c5)cc(C(F)(F)F)cc4[nH]3)[C@H](C)C2)c(C(F)(F)F)c1. The van der Waals surface area contributed by atoms with Crippen LogP contribution in [-0.4, -0.2) is 45.7 Å². The van der Waals surface area contributed by atoms with E-state index in [1.165, 1.54) is 11.8 Å². The summed E-state index contributed by atoms with van der Waals surface area (Å²) in [5.74, 6) is -5.22. The molecule has 2 aromatic carbocycles. The van der Waals surface area contributed by atoms with Crippen LogP contribution in [0.4, 0.5) is 51.3 Å². The van der Waals surface area contributed by atoms with Crippen LogP contribution in [-0.2, 0) is 12.4 Å². The largest absolute Gasteiger partial charge is 0.419 e. The summed E-state index contributed by atoms with van der Waals surface area (Å²) < 4.78 is 124. The number of piperazine rings is 1. The molecule has 0 spiro atoms. The summed E-state index contributed by atoms with van der Waals surface area (Å²) in [5, 5.41) is 9.72. The van der Waals surface area contributed by atoms with Crippen LogP contribution in [0.2, 0.25) is 0 Å². The second kappa shape index (κ2) is 10.4. The van der Waals surface area contributed by atoms with Crippen LogP contribution in [0, 0.1) is 17.5 Å². The van der Waals surface area contributed by atoms with Crippen LogP contribution in [0.3, 0.4) is 0 Å². The second-order valence-corrected chi connectivity index (χ2v) is 10.0. The van der Waals surface area contributed by atoms with Gasteiger partial charge in [0.2, 0.25) is 5.95 Å². The third-order valence-corrected chi connectivity index (χ3v) is 7.07. The zero-order chi connectivity index (χ0) is 30.7. The minimum atomic E-state index is -4.84. The zero-order valence-corrected chi connectivity index (χ0v) is 21.9. The van der Waals surface area contributed by atoms with Gasteiger partial charge < -0.3 is 19.9 Å². The summed E-state index contributed by atoms with van der Waals surface area (Å²) in [5.41, 5.74) is -3.04. The molecule has 2 atom stereocenters. The summed E-state index contributed by atoms with van der Waals surface area (Å²) >= 11 is 0. The van der Waals surface area contributed by atoms with E-state index >= 15 is 0 Å². The van der Waals surface area contributed by atoms with Gasteiger partial charge >= 0.3 is 12.4 Å². The average molecular weight is 603 g/mol. The number of aromatic nitrogens is 3. The lowest BCUT2D eigenvalue weighted by Gasteiger charge is -2.41. The number of pyridine rings is 1. The van der Waals surface area contributed by atoms with Crippen LogP contribution >= 0.6 is 0 Å². The normalized spacial score (nSPS) is 17.3. The molecule has 1 fully saturated rings. The van der Waals surface area contributed by atoms with Gasteiger partial charge in [-0.1, -0.05) is 0 Å². The molecule has 0 aliphatic carbocycles. The smallest absolute Gasteiger partial charge is 0.389 e. The fraction of sp³-hybridized carbons (Fsp3) is 0.333. The number of imidazole rings is 1. The Morgan fingerprint density at radius 2 is 1.62 bits per heavy atom. The molecule has 15 heteroatoms. The Bertz CT molecular complexity index is 1620. The van der Waals surface area contributed by atoms with Gasteiger partial charge in [0.05, 0.1) is 28.3 Å². The van der Waals surface area contributed by atoms with Crippen molar-refractivity contribution in [3.05, 3.63) is 70.7 Å². The minimum Gasteiger partial charge on any atom is -0.389 e. The number of aromatic amines is 1. The van der Waals surface area contributed by atoms with Gasteiger partial charge in [0.1, 0.15) is 5.82 Å². The molecule has 0 bridgehead atoms. The van der Waals surface area contributed by atoms with Crippen molar-refractivity contribution in [3.63, 3.8) is 0 Å². The molecule has 6 nitrogen and oxygen atoms in total. The molecule has 2 aromatic heterocycles. The lowest BCUT2D eigenvalue weighted by molar-refractivity contribution is -0.138. The standard InChI is InChI=1S/C27H22F9N5O/c1-12-11-40(24-18(27(34,35)36)5-15(10-37-24)13(2)42)3-4-41(12)25-38-21-9-16(26(31,32)33)8-17(23(21)39-25)14-6-19(28)22(30)20(29)7-14/h5-10,12-13,42H,3-4,11H2,1-2H3,(H,38,39)/t12-,13?/m1/s1. The summed E-state index contributed by atoms with van der Waals surface area (Å²) in [6.07, 6.45) is -9.59. The molecule has 224 valence electrons. The number of nitrogens with zero attached hydrogens (tertiary/aromatic N) is 4. The molecule has 1 unspecified atom stereocenters. The highest BCUT2D eigenvalue weighted by Crippen LogP contribution is 2.40. The number of rotatable bonds is 4. The van der Waals surface area contributed by atoms with E-state index in [1.54, 1.807) is 11.8 Å². The van der Waals surface area contributed by atoms with E-state index in [-0.39, 0.29) is 59.1 Å². The van der Waals surface area contributed by atoms with E-state index in [0.717, 1.165) is 18.3 Å². The first-order chi connectivity index (χ1) is 19.5. The second-order valence-electron chi connectivity index (χ2n) is 10.0. The Kier molecular flexibility index (Phi) is 7.28. The van der Waals surface area contributed by atoms with Gasteiger partial charge in [-0.05, 0) is 55.3 Å². The molecular weight excluding hydrogens is 581 g/mol. The Morgan fingerprint density at radius 3 is 2.19 bits per heavy atom. The van der Waals surface area contributed by atoms with Gasteiger partial charge in [-0.15, -0.1) is 0 Å². The summed E-state index contributed by atoms with van der Waals surface area (Å²) in [4.78, 5) is 14.2. The number of benzene rings is 2. The highest BCUT2D eigenvalue weighted by atomic mass is 19.4. The molecular formula is C27H22F9N5O. The molecule has 5 rings (SSSR count). The van der Waals surface area contributed by atoms with E-state index in [9.17, 15) is 44.6 Å². The quantitative estimate of drug-likeness (QED) is 0.197. The third kappa shape index (κ3) is 5.44. The Hall–Kier alpha value is -4.01. The maximum absolute atomic E-state index is 14.0. The molecule has 0 saturated carbocycles. The number of hydrogen-bond acceptors (Lipinski definition) is 5. The van der Waals surface area contributed by atoms with Gasteiger partial charge in [0.25, 0.3) is 0 Å². The predicted octanol–water partition coefficient (Wildman–Crippen LogP) is 6.85. The van der Waals surface area contributed by atoms with E-state index in [0.29, 0.717) is 18.2 Å². The van der Waals surface area contributed by atoms with Gasteiger partial charge in [-0.2, -0.15) is 26.3 Å². The Balaban J connectivity index is 1.52. The van der Waals surface area contributed by atoms with Crippen molar-refractivity contribution >= 4 is 22.8 Å². The number of fused-ring (bicyclic) bond motifs is 1. The van der Waals surface area contributed by atoms with E-state index in [1.807, 2.05) is 0 Å². The Morgan fingerprint density at radius 1 is 0.952 bits per heavy atom. The van der Waals surface area contributed by atoms with Crippen LogP contribution < -0.4 is 9.80 Å². The lowest BCUT2D eigenvalue weighted by atomic mass is 10.0. The van der Waals surface area contributed by atoms with Crippen molar-refractivity contribution in [1.29, 1.82) is 0 Å². The number of hydrogen-bond donors (Lipinski definition) is 2. The van der Waals surface area contributed by atoms with Crippen molar-refractivity contribution in [3.8, 4) is 11.1 Å². The van der Waals surface area contributed by atoms with Crippen LogP contribution in [0.25, 0.3) is 22.2 Å². The number of H-pyrrole nitrogens is 1. The first-order valence-corrected chi connectivity index (χ1v) is 12.6. The number of aliphatic hydroxyl groups is 1. The van der Waals surface area contributed by atoms with Gasteiger partial charge in [0.15, 0.2) is 17.5 Å². The fourth-order valence-electron chi connectivity index (χ4n) is 4.96. The number of halogens is 9. The monoisotopic (exact) mass is 603 g/mol. The topological polar surface area (TPSA) is 68.3 Å². The van der Waals surface area contributed by atoms with Gasteiger partial charge in [0, 0.05) is 37.4 Å². The molecule has 0 amide bonds. The first-order valence-electron chi connectivity index (χ1n) is 12.6. The van der Waals surface area contributed by atoms with Crippen LogP contribution in [0.5, 0.6) is 0 Å². The van der Waals surface area contributed by atoms with Crippen molar-refractivity contribution in [2.45, 2.75) is 38.3 Å². The molecule has 2 N–H and O–H groups in total. The van der Waals surface area contributed by atoms with Crippen LogP contribution in [0.15, 0.2) is 36.5 Å². The number of nitrogens with one attached hydrogen (secondary N) is 1. The van der Waals surface area contributed by atoms with E-state index in [4.69, 9.17) is 0 Å². The summed E-state index contributed by atoms with van der Waals surface area (Å²) in [7, 11) is 0. The lowest BCUT2D eigenvalue weighted by Crippen LogP contribution is -2.53. The molecule has 4 aromatic rings. The number of anilines is 2. The van der Waals surface area contributed by atoms with Crippen LogP contribution in [0.1, 0.15) is 36.6 Å². The highest BCUT2D eigenvalue weighted by Gasteiger charge is 2.38. The molecule has 0 radical (unpaired) electrons. The summed E-state index contributed by atoms with van der Waals surface area (Å²) in [6.45, 7) is 3.12. The van der Waals surface area contributed by atoms with Crippen molar-refractivity contribution in [1.82, 2.24) is 15.0 Å². The number of aliphatic hydroxyl groups excluding tert-OH is 1. The highest BCUT2D eigenvalue weighted by molar-refractivity contribution is 5.94. The van der Waals surface area contributed by atoms with Gasteiger partial charge in [-0.25, -0.2) is 23.1 Å². The van der Waals surface area contributed by atoms with Crippen molar-refractivity contribution < 1.29 is 44.6 Å². The van der Waals surface area contributed by atoms with Crippen molar-refractivity contribution in [2.75, 3.05) is 29.4 Å². The number of alkyl halides is 6. The minimum absolute atomic E-state index is 0.00465. The summed E-state index contributed by atoms with van der Waals surface area (Å²) in [6, 6.07) is 2.88. The first kappa shape index (κ1) is 29.5. The molecule has 1 aliphatic heterocycles. The third-order valence-electron chi connectivity index (χ3n) is 7.07.